The lowest BCUT2D eigenvalue weighted by Gasteiger charge is -2.20. The van der Waals surface area contributed by atoms with Gasteiger partial charge in [0.05, 0.1) is 17.8 Å². The van der Waals surface area contributed by atoms with Crippen LogP contribution in [0.5, 0.6) is 0 Å². The van der Waals surface area contributed by atoms with E-state index in [-0.39, 0.29) is 17.3 Å². The summed E-state index contributed by atoms with van der Waals surface area (Å²) in [6, 6.07) is 7.16. The van der Waals surface area contributed by atoms with Gasteiger partial charge in [0.15, 0.2) is 11.0 Å². The molecule has 2 aromatic heterocycles. The molecule has 1 saturated heterocycles. The lowest BCUT2D eigenvalue weighted by molar-refractivity contribution is -0.131. The van der Waals surface area contributed by atoms with Crippen LogP contribution in [0, 0.1) is 0 Å². The van der Waals surface area contributed by atoms with Crippen LogP contribution >= 0.6 is 11.8 Å². The maximum atomic E-state index is 12.6. The van der Waals surface area contributed by atoms with E-state index in [0.29, 0.717) is 35.6 Å². The van der Waals surface area contributed by atoms with Crippen molar-refractivity contribution in [2.24, 2.45) is 0 Å². The highest BCUT2D eigenvalue weighted by Crippen LogP contribution is 2.20. The minimum Gasteiger partial charge on any atom is -0.335 e. The van der Waals surface area contributed by atoms with E-state index >= 15 is 0 Å². The van der Waals surface area contributed by atoms with Crippen molar-refractivity contribution in [1.82, 2.24) is 34.7 Å². The molecule has 152 valence electrons. The molecule has 1 amide bonds. The van der Waals surface area contributed by atoms with E-state index in [1.54, 1.807) is 12.1 Å². The summed E-state index contributed by atoms with van der Waals surface area (Å²) in [5.74, 6) is 1.24. The molecule has 4 rings (SSSR count). The molecule has 0 spiro atoms. The van der Waals surface area contributed by atoms with Crippen molar-refractivity contribution in [3.8, 4) is 0 Å². The first-order valence-corrected chi connectivity index (χ1v) is 10.8. The predicted octanol–water partition coefficient (Wildman–Crippen LogP) is 2.06. The zero-order chi connectivity index (χ0) is 20.2. The number of amides is 1. The predicted molar refractivity (Wildman–Crippen MR) is 109 cm³/mol. The van der Waals surface area contributed by atoms with Crippen LogP contribution in [0.4, 0.5) is 0 Å². The van der Waals surface area contributed by atoms with E-state index in [1.165, 1.54) is 16.4 Å². The standard InChI is InChI=1S/C19H23N7O2S/c1-2-25-16(12-24-11-7-3-4-10-17(24)27)21-22-19(25)29-13-26-18(28)14-8-5-6-9-15(14)20-23-26/h5-6,8-9H,2-4,7,10-13H2,1H3. The molecule has 0 radical (unpaired) electrons. The second-order valence-corrected chi connectivity index (χ2v) is 7.87. The molecule has 0 aliphatic carbocycles. The van der Waals surface area contributed by atoms with Gasteiger partial charge >= 0.3 is 0 Å². The Morgan fingerprint density at radius 1 is 1.07 bits per heavy atom. The molecule has 10 heteroatoms. The molecule has 0 atom stereocenters. The van der Waals surface area contributed by atoms with E-state index in [4.69, 9.17) is 0 Å². The fraction of sp³-hybridized carbons (Fsp3) is 0.474. The Labute approximate surface area is 172 Å². The van der Waals surface area contributed by atoms with Gasteiger partial charge in [0, 0.05) is 19.5 Å². The molecule has 3 aromatic rings. The van der Waals surface area contributed by atoms with Crippen LogP contribution in [0.15, 0.2) is 34.2 Å². The number of likely N-dealkylation sites (tertiary alicyclic amines) is 1. The van der Waals surface area contributed by atoms with Crippen LogP contribution in [0.25, 0.3) is 10.9 Å². The number of thioether (sulfide) groups is 1. The van der Waals surface area contributed by atoms with Crippen molar-refractivity contribution in [3.63, 3.8) is 0 Å². The molecule has 3 heterocycles. The first-order valence-electron chi connectivity index (χ1n) is 9.82. The Morgan fingerprint density at radius 3 is 2.79 bits per heavy atom. The van der Waals surface area contributed by atoms with E-state index in [0.717, 1.165) is 31.6 Å². The fourth-order valence-electron chi connectivity index (χ4n) is 3.46. The van der Waals surface area contributed by atoms with Crippen molar-refractivity contribution >= 4 is 28.6 Å². The average Bonchev–Trinajstić information content (AvgIpc) is 3.01. The number of benzene rings is 1. The largest absolute Gasteiger partial charge is 0.335 e. The van der Waals surface area contributed by atoms with Crippen molar-refractivity contribution < 1.29 is 4.79 Å². The van der Waals surface area contributed by atoms with Gasteiger partial charge in [-0.05, 0) is 31.9 Å². The summed E-state index contributed by atoms with van der Waals surface area (Å²) >= 11 is 1.38. The molecule has 29 heavy (non-hydrogen) atoms. The molecule has 0 unspecified atom stereocenters. The van der Waals surface area contributed by atoms with Gasteiger partial charge in [-0.1, -0.05) is 35.5 Å². The molecule has 1 aromatic carbocycles. The van der Waals surface area contributed by atoms with E-state index in [1.807, 2.05) is 28.5 Å². The van der Waals surface area contributed by atoms with Crippen LogP contribution < -0.4 is 5.56 Å². The quantitative estimate of drug-likeness (QED) is 0.570. The summed E-state index contributed by atoms with van der Waals surface area (Å²) in [5.41, 5.74) is 0.404. The zero-order valence-electron chi connectivity index (χ0n) is 16.3. The second-order valence-electron chi connectivity index (χ2n) is 6.95. The number of hydrogen-bond acceptors (Lipinski definition) is 7. The Hall–Kier alpha value is -2.75. The van der Waals surface area contributed by atoms with E-state index in [9.17, 15) is 9.59 Å². The van der Waals surface area contributed by atoms with Crippen molar-refractivity contribution in [3.05, 3.63) is 40.4 Å². The highest BCUT2D eigenvalue weighted by atomic mass is 32.2. The van der Waals surface area contributed by atoms with E-state index in [2.05, 4.69) is 20.5 Å². The number of hydrogen-bond donors (Lipinski definition) is 0. The van der Waals surface area contributed by atoms with Gasteiger partial charge in [-0.15, -0.1) is 15.3 Å². The lowest BCUT2D eigenvalue weighted by atomic mass is 10.2. The third kappa shape index (κ3) is 4.16. The number of carbonyl (C=O) groups is 1. The second kappa shape index (κ2) is 8.73. The molecule has 1 fully saturated rings. The summed E-state index contributed by atoms with van der Waals surface area (Å²) in [7, 11) is 0. The molecule has 9 nitrogen and oxygen atoms in total. The maximum absolute atomic E-state index is 12.6. The maximum Gasteiger partial charge on any atom is 0.278 e. The van der Waals surface area contributed by atoms with Crippen LogP contribution in [-0.4, -0.2) is 47.1 Å². The highest BCUT2D eigenvalue weighted by molar-refractivity contribution is 7.98. The molecule has 0 N–H and O–H groups in total. The summed E-state index contributed by atoms with van der Waals surface area (Å²) < 4.78 is 3.32. The molecule has 0 saturated carbocycles. The Morgan fingerprint density at radius 2 is 1.93 bits per heavy atom. The number of carbonyl (C=O) groups excluding carboxylic acids is 1. The average molecular weight is 414 g/mol. The third-order valence-electron chi connectivity index (χ3n) is 5.06. The van der Waals surface area contributed by atoms with Crippen LogP contribution in [-0.2, 0) is 23.8 Å². The Bertz CT molecular complexity index is 1080. The third-order valence-corrected chi connectivity index (χ3v) is 5.99. The van der Waals surface area contributed by atoms with Gasteiger partial charge in [-0.3, -0.25) is 9.59 Å². The van der Waals surface area contributed by atoms with Crippen LogP contribution in [0.3, 0.4) is 0 Å². The molecular formula is C19H23N7O2S. The number of fused-ring (bicyclic) bond motifs is 1. The van der Waals surface area contributed by atoms with Gasteiger partial charge in [-0.2, -0.15) is 4.68 Å². The van der Waals surface area contributed by atoms with Gasteiger partial charge in [0.2, 0.25) is 5.91 Å². The number of rotatable bonds is 6. The smallest absolute Gasteiger partial charge is 0.278 e. The summed E-state index contributed by atoms with van der Waals surface area (Å²) in [6.07, 6.45) is 3.67. The van der Waals surface area contributed by atoms with Gasteiger partial charge in [0.25, 0.3) is 5.56 Å². The number of nitrogens with zero attached hydrogens (tertiary/aromatic N) is 7. The van der Waals surface area contributed by atoms with Crippen LogP contribution in [0.1, 0.15) is 38.4 Å². The van der Waals surface area contributed by atoms with Crippen LogP contribution in [0.2, 0.25) is 0 Å². The lowest BCUT2D eigenvalue weighted by Crippen LogP contribution is -2.31. The van der Waals surface area contributed by atoms with Crippen molar-refractivity contribution in [1.29, 1.82) is 0 Å². The number of aromatic nitrogens is 6. The van der Waals surface area contributed by atoms with Gasteiger partial charge < -0.3 is 9.47 Å². The minimum atomic E-state index is -0.180. The highest BCUT2D eigenvalue weighted by Gasteiger charge is 2.20. The molecule has 1 aliphatic heterocycles. The fourth-order valence-corrected chi connectivity index (χ4v) is 4.36. The minimum absolute atomic E-state index is 0.180. The zero-order valence-corrected chi connectivity index (χ0v) is 17.1. The summed E-state index contributed by atoms with van der Waals surface area (Å²) in [6.45, 7) is 3.93. The van der Waals surface area contributed by atoms with Gasteiger partial charge in [0.1, 0.15) is 5.52 Å². The summed E-state index contributed by atoms with van der Waals surface area (Å²) in [4.78, 5) is 26.8. The molecule has 0 bridgehead atoms. The Balaban J connectivity index is 1.50. The first kappa shape index (κ1) is 19.6. The topological polar surface area (TPSA) is 98.8 Å². The van der Waals surface area contributed by atoms with Crippen molar-refractivity contribution in [2.75, 3.05) is 6.54 Å². The Kier molecular flexibility index (Phi) is 5.89. The van der Waals surface area contributed by atoms with Crippen molar-refractivity contribution in [2.45, 2.75) is 56.7 Å². The van der Waals surface area contributed by atoms with Gasteiger partial charge in [-0.25, -0.2) is 0 Å². The molecular weight excluding hydrogens is 390 g/mol. The SMILES string of the molecule is CCn1c(CN2CCCCCC2=O)nnc1SCn1nnc2ccccc2c1=O. The normalized spacial score (nSPS) is 15.1. The monoisotopic (exact) mass is 413 g/mol. The summed E-state index contributed by atoms with van der Waals surface area (Å²) in [5, 5.41) is 18.0. The first-order chi connectivity index (χ1) is 14.2. The molecule has 1 aliphatic rings. The van der Waals surface area contributed by atoms with E-state index < -0.39 is 0 Å².